The van der Waals surface area contributed by atoms with E-state index in [9.17, 15) is 4.79 Å². The van der Waals surface area contributed by atoms with Crippen molar-refractivity contribution in [1.82, 2.24) is 0 Å². The van der Waals surface area contributed by atoms with E-state index in [0.717, 1.165) is 0 Å². The van der Waals surface area contributed by atoms with Gasteiger partial charge in [0, 0.05) is 5.69 Å². The maximum absolute atomic E-state index is 12.2. The zero-order valence-electron chi connectivity index (χ0n) is 11.0. The molecule has 0 aromatic heterocycles. The summed E-state index contributed by atoms with van der Waals surface area (Å²) in [5.41, 5.74) is 7.08. The molecule has 4 nitrogen and oxygen atoms in total. The second kappa shape index (κ2) is 6.30. The number of ether oxygens (including phenoxy) is 1. The minimum Gasteiger partial charge on any atom is -0.492 e. The highest BCUT2D eigenvalue weighted by atomic mass is 35.5. The summed E-state index contributed by atoms with van der Waals surface area (Å²) in [4.78, 5) is 12.2. The highest BCUT2D eigenvalue weighted by Crippen LogP contribution is 2.26. The maximum Gasteiger partial charge on any atom is 0.257 e. The summed E-state index contributed by atoms with van der Waals surface area (Å²) in [7, 11) is 0. The van der Waals surface area contributed by atoms with E-state index in [1.165, 1.54) is 0 Å². The van der Waals surface area contributed by atoms with E-state index in [1.807, 2.05) is 19.1 Å². The Kier molecular flexibility index (Phi) is 4.48. The second-order valence-electron chi connectivity index (χ2n) is 4.12. The van der Waals surface area contributed by atoms with E-state index >= 15 is 0 Å². The predicted molar refractivity (Wildman–Crippen MR) is 81.4 cm³/mol. The molecule has 2 aromatic carbocycles. The molecule has 0 bridgehead atoms. The maximum atomic E-state index is 12.2. The van der Waals surface area contributed by atoms with Crippen molar-refractivity contribution in [2.24, 2.45) is 0 Å². The third-order valence-corrected chi connectivity index (χ3v) is 3.00. The molecule has 0 atom stereocenters. The summed E-state index contributed by atoms with van der Waals surface area (Å²) in [6.45, 7) is 2.40. The first kappa shape index (κ1) is 14.2. The van der Waals surface area contributed by atoms with Gasteiger partial charge < -0.3 is 15.8 Å². The minimum atomic E-state index is -0.325. The summed E-state index contributed by atoms with van der Waals surface area (Å²) in [5.74, 6) is 0.290. The topological polar surface area (TPSA) is 64.3 Å². The molecule has 0 heterocycles. The number of halogens is 1. The van der Waals surface area contributed by atoms with Crippen LogP contribution < -0.4 is 15.8 Å². The number of carbonyl (C=O) groups excluding carboxylic acids is 1. The van der Waals surface area contributed by atoms with E-state index < -0.39 is 0 Å². The summed E-state index contributed by atoms with van der Waals surface area (Å²) in [6, 6.07) is 12.0. The first-order valence-electron chi connectivity index (χ1n) is 6.20. The molecular weight excluding hydrogens is 276 g/mol. The summed E-state index contributed by atoms with van der Waals surface area (Å²) >= 11 is 6.01. The molecule has 2 rings (SSSR count). The fraction of sp³-hybridized carbons (Fsp3) is 0.133. The zero-order chi connectivity index (χ0) is 14.5. The average molecular weight is 291 g/mol. The lowest BCUT2D eigenvalue weighted by Gasteiger charge is -2.12. The zero-order valence-corrected chi connectivity index (χ0v) is 11.8. The van der Waals surface area contributed by atoms with E-state index in [-0.39, 0.29) is 5.91 Å². The molecule has 2 aromatic rings. The average Bonchev–Trinajstić information content (AvgIpc) is 2.44. The predicted octanol–water partition coefficient (Wildman–Crippen LogP) is 3.57. The van der Waals surface area contributed by atoms with Gasteiger partial charge in [-0.3, -0.25) is 4.79 Å². The van der Waals surface area contributed by atoms with Gasteiger partial charge in [0.05, 0.1) is 22.9 Å². The minimum absolute atomic E-state index is 0.325. The van der Waals surface area contributed by atoms with Gasteiger partial charge >= 0.3 is 0 Å². The van der Waals surface area contributed by atoms with Crippen LogP contribution in [0.4, 0.5) is 11.4 Å². The van der Waals surface area contributed by atoms with Crippen LogP contribution in [0.15, 0.2) is 42.5 Å². The largest absolute Gasteiger partial charge is 0.492 e. The first-order chi connectivity index (χ1) is 9.61. The van der Waals surface area contributed by atoms with Crippen molar-refractivity contribution in [2.45, 2.75) is 6.92 Å². The van der Waals surface area contributed by atoms with E-state index in [1.54, 1.807) is 30.3 Å². The van der Waals surface area contributed by atoms with Crippen LogP contribution in [0.2, 0.25) is 5.02 Å². The number of rotatable bonds is 4. The molecule has 1 amide bonds. The number of amides is 1. The Balaban J connectivity index is 2.26. The Hall–Kier alpha value is -2.20. The van der Waals surface area contributed by atoms with Crippen molar-refractivity contribution in [3.63, 3.8) is 0 Å². The fourth-order valence-electron chi connectivity index (χ4n) is 1.76. The molecule has 3 N–H and O–H groups in total. The second-order valence-corrected chi connectivity index (χ2v) is 4.53. The molecule has 0 saturated heterocycles. The molecule has 0 spiro atoms. The van der Waals surface area contributed by atoms with Gasteiger partial charge in [0.15, 0.2) is 0 Å². The van der Waals surface area contributed by atoms with Crippen LogP contribution in [0.3, 0.4) is 0 Å². The highest BCUT2D eigenvalue weighted by molar-refractivity contribution is 6.34. The van der Waals surface area contributed by atoms with Crippen LogP contribution in [0.1, 0.15) is 17.3 Å². The quantitative estimate of drug-likeness (QED) is 0.846. The number of hydrogen-bond acceptors (Lipinski definition) is 3. The van der Waals surface area contributed by atoms with Crippen molar-refractivity contribution < 1.29 is 9.53 Å². The van der Waals surface area contributed by atoms with Gasteiger partial charge in [-0.1, -0.05) is 23.7 Å². The number of hydrogen-bond donors (Lipinski definition) is 2. The lowest BCUT2D eigenvalue weighted by atomic mass is 10.2. The number of carbonyl (C=O) groups is 1. The molecular formula is C15H15ClN2O2. The molecule has 0 saturated carbocycles. The lowest BCUT2D eigenvalue weighted by Crippen LogP contribution is -2.13. The van der Waals surface area contributed by atoms with E-state index in [2.05, 4.69) is 5.32 Å². The molecule has 0 fully saturated rings. The Labute approximate surface area is 122 Å². The van der Waals surface area contributed by atoms with Crippen LogP contribution in [0.25, 0.3) is 0 Å². The van der Waals surface area contributed by atoms with Crippen molar-refractivity contribution in [2.75, 3.05) is 17.7 Å². The summed E-state index contributed by atoms with van der Waals surface area (Å²) < 4.78 is 5.46. The third-order valence-electron chi connectivity index (χ3n) is 2.67. The van der Waals surface area contributed by atoms with Crippen molar-refractivity contribution in [3.05, 3.63) is 53.1 Å². The van der Waals surface area contributed by atoms with Gasteiger partial charge in [-0.25, -0.2) is 0 Å². The Morgan fingerprint density at radius 3 is 2.80 bits per heavy atom. The van der Waals surface area contributed by atoms with Crippen LogP contribution in [-0.2, 0) is 0 Å². The van der Waals surface area contributed by atoms with Gasteiger partial charge in [-0.15, -0.1) is 0 Å². The number of anilines is 2. The third kappa shape index (κ3) is 3.22. The molecule has 20 heavy (non-hydrogen) atoms. The summed E-state index contributed by atoms with van der Waals surface area (Å²) in [6.07, 6.45) is 0. The Morgan fingerprint density at radius 1 is 1.30 bits per heavy atom. The normalized spacial score (nSPS) is 10.1. The lowest BCUT2D eigenvalue weighted by molar-refractivity contribution is 0.102. The van der Waals surface area contributed by atoms with Crippen LogP contribution in [-0.4, -0.2) is 12.5 Å². The van der Waals surface area contributed by atoms with E-state index in [4.69, 9.17) is 22.1 Å². The molecule has 0 unspecified atom stereocenters. The molecule has 0 radical (unpaired) electrons. The SMILES string of the molecule is CCOc1ccccc1NC(=O)c1cc(N)ccc1Cl. The molecule has 0 aliphatic rings. The summed E-state index contributed by atoms with van der Waals surface area (Å²) in [5, 5.41) is 3.13. The van der Waals surface area contributed by atoms with Gasteiger partial charge in [-0.05, 0) is 37.3 Å². The van der Waals surface area contributed by atoms with Crippen molar-refractivity contribution >= 4 is 28.9 Å². The van der Waals surface area contributed by atoms with Crippen molar-refractivity contribution in [3.8, 4) is 5.75 Å². The number of nitrogens with one attached hydrogen (secondary N) is 1. The number of nitrogens with two attached hydrogens (primary N) is 1. The number of para-hydroxylation sites is 2. The van der Waals surface area contributed by atoms with Gasteiger partial charge in [-0.2, -0.15) is 0 Å². The van der Waals surface area contributed by atoms with Gasteiger partial charge in [0.25, 0.3) is 5.91 Å². The molecule has 104 valence electrons. The van der Waals surface area contributed by atoms with Crippen LogP contribution in [0, 0.1) is 0 Å². The molecule has 0 aliphatic heterocycles. The molecule has 5 heteroatoms. The first-order valence-corrected chi connectivity index (χ1v) is 6.58. The molecule has 0 aliphatic carbocycles. The number of benzene rings is 2. The number of nitrogen functional groups attached to an aromatic ring is 1. The fourth-order valence-corrected chi connectivity index (χ4v) is 1.96. The highest BCUT2D eigenvalue weighted by Gasteiger charge is 2.13. The Bertz CT molecular complexity index is 629. The smallest absolute Gasteiger partial charge is 0.257 e. The van der Waals surface area contributed by atoms with Gasteiger partial charge in [0.2, 0.25) is 0 Å². The van der Waals surface area contributed by atoms with Gasteiger partial charge in [0.1, 0.15) is 5.75 Å². The standard InChI is InChI=1S/C15H15ClN2O2/c1-2-20-14-6-4-3-5-13(14)18-15(19)11-9-10(17)7-8-12(11)16/h3-9H,2,17H2,1H3,(H,18,19). The monoisotopic (exact) mass is 290 g/mol. The van der Waals surface area contributed by atoms with Crippen LogP contribution in [0.5, 0.6) is 5.75 Å². The Morgan fingerprint density at radius 2 is 2.05 bits per heavy atom. The van der Waals surface area contributed by atoms with Crippen molar-refractivity contribution in [1.29, 1.82) is 0 Å². The van der Waals surface area contributed by atoms with E-state index in [0.29, 0.717) is 34.3 Å². The van der Waals surface area contributed by atoms with Crippen LogP contribution >= 0.6 is 11.6 Å².